The van der Waals surface area contributed by atoms with Crippen LogP contribution in [0.1, 0.15) is 39.0 Å². The predicted octanol–water partition coefficient (Wildman–Crippen LogP) is 0.671. The van der Waals surface area contributed by atoms with Gasteiger partial charge in [-0.2, -0.15) is 0 Å². The summed E-state index contributed by atoms with van der Waals surface area (Å²) in [5.41, 5.74) is -0.438. The molecule has 1 aliphatic carbocycles. The van der Waals surface area contributed by atoms with Crippen molar-refractivity contribution in [2.75, 3.05) is 6.61 Å². The van der Waals surface area contributed by atoms with E-state index < -0.39 is 17.6 Å². The van der Waals surface area contributed by atoms with Crippen LogP contribution >= 0.6 is 0 Å². The molecule has 0 radical (unpaired) electrons. The van der Waals surface area contributed by atoms with E-state index in [0.717, 1.165) is 25.7 Å². The molecule has 1 rings (SSSR count). The second-order valence-electron chi connectivity index (χ2n) is 4.27. The van der Waals surface area contributed by atoms with Crippen LogP contribution in [0.25, 0.3) is 0 Å². The molecule has 0 bridgehead atoms. The van der Waals surface area contributed by atoms with Gasteiger partial charge in [-0.3, -0.25) is 0 Å². The summed E-state index contributed by atoms with van der Waals surface area (Å²) in [7, 11) is 0. The molecular formula is C10H20O3. The van der Waals surface area contributed by atoms with Gasteiger partial charge in [-0.25, -0.2) is 0 Å². The zero-order valence-electron chi connectivity index (χ0n) is 8.24. The number of rotatable bonds is 3. The van der Waals surface area contributed by atoms with E-state index in [1.54, 1.807) is 6.92 Å². The zero-order chi connectivity index (χ0) is 9.90. The lowest BCUT2D eigenvalue weighted by atomic mass is 9.69. The minimum absolute atomic E-state index is 0.0148. The molecule has 1 unspecified atom stereocenters. The van der Waals surface area contributed by atoms with E-state index in [-0.39, 0.29) is 6.61 Å². The van der Waals surface area contributed by atoms with Crippen LogP contribution in [-0.4, -0.2) is 34.1 Å². The summed E-state index contributed by atoms with van der Waals surface area (Å²) in [6.45, 7) is 1.57. The predicted molar refractivity (Wildman–Crippen MR) is 50.3 cm³/mol. The van der Waals surface area contributed by atoms with Crippen LogP contribution in [0, 0.1) is 5.41 Å². The Bertz CT molecular complexity index is 150. The maximum Gasteiger partial charge on any atom is 0.0874 e. The van der Waals surface area contributed by atoms with E-state index in [1.165, 1.54) is 6.42 Å². The molecule has 2 atom stereocenters. The van der Waals surface area contributed by atoms with Gasteiger partial charge in [0, 0.05) is 5.41 Å². The van der Waals surface area contributed by atoms with Gasteiger partial charge in [0.25, 0.3) is 0 Å². The highest BCUT2D eigenvalue weighted by atomic mass is 16.3. The Morgan fingerprint density at radius 2 is 1.69 bits per heavy atom. The van der Waals surface area contributed by atoms with Crippen LogP contribution in [0.4, 0.5) is 0 Å². The Labute approximate surface area is 79.4 Å². The summed E-state index contributed by atoms with van der Waals surface area (Å²) in [6, 6.07) is 0. The summed E-state index contributed by atoms with van der Waals surface area (Å²) in [5, 5.41) is 28.4. The van der Waals surface area contributed by atoms with Crippen molar-refractivity contribution in [3.8, 4) is 0 Å². The number of aliphatic hydroxyl groups excluding tert-OH is 3. The number of hydrogen-bond donors (Lipinski definition) is 3. The second kappa shape index (κ2) is 4.40. The lowest BCUT2D eigenvalue weighted by Crippen LogP contribution is -2.46. The average molecular weight is 188 g/mol. The molecule has 0 spiro atoms. The quantitative estimate of drug-likeness (QED) is 0.610. The van der Waals surface area contributed by atoms with Crippen molar-refractivity contribution in [2.45, 2.75) is 51.2 Å². The second-order valence-corrected chi connectivity index (χ2v) is 4.27. The Kier molecular flexibility index (Phi) is 3.71. The highest BCUT2D eigenvalue weighted by Crippen LogP contribution is 2.39. The van der Waals surface area contributed by atoms with Crippen LogP contribution in [0.5, 0.6) is 0 Å². The first-order valence-corrected chi connectivity index (χ1v) is 5.09. The Hall–Kier alpha value is -0.120. The summed E-state index contributed by atoms with van der Waals surface area (Å²) >= 11 is 0. The highest BCUT2D eigenvalue weighted by Gasteiger charge is 2.40. The first-order chi connectivity index (χ1) is 6.12. The van der Waals surface area contributed by atoms with Gasteiger partial charge in [-0.15, -0.1) is 0 Å². The standard InChI is InChI=1S/C10H20O3/c1-8(12)9(13)10(7-11)5-3-2-4-6-10/h8-9,11-13H,2-7H2,1H3/t8-,9?/m0/s1. The van der Waals surface area contributed by atoms with Crippen molar-refractivity contribution < 1.29 is 15.3 Å². The molecule has 0 aromatic carbocycles. The van der Waals surface area contributed by atoms with Gasteiger partial charge in [-0.1, -0.05) is 19.3 Å². The Morgan fingerprint density at radius 3 is 2.08 bits per heavy atom. The largest absolute Gasteiger partial charge is 0.396 e. The summed E-state index contributed by atoms with van der Waals surface area (Å²) in [5.74, 6) is 0. The van der Waals surface area contributed by atoms with Crippen molar-refractivity contribution in [3.63, 3.8) is 0 Å². The lowest BCUT2D eigenvalue weighted by molar-refractivity contribution is -0.0969. The molecule has 1 fully saturated rings. The zero-order valence-corrected chi connectivity index (χ0v) is 8.24. The molecular weight excluding hydrogens is 168 g/mol. The SMILES string of the molecule is C[C@H](O)C(O)C1(CO)CCCCC1. The van der Waals surface area contributed by atoms with Crippen LogP contribution in [0.3, 0.4) is 0 Å². The van der Waals surface area contributed by atoms with E-state index in [4.69, 9.17) is 0 Å². The molecule has 78 valence electrons. The molecule has 3 nitrogen and oxygen atoms in total. The van der Waals surface area contributed by atoms with E-state index >= 15 is 0 Å². The summed E-state index contributed by atoms with van der Waals surface area (Å²) in [4.78, 5) is 0. The smallest absolute Gasteiger partial charge is 0.0874 e. The molecule has 3 heteroatoms. The van der Waals surface area contributed by atoms with Gasteiger partial charge in [0.15, 0.2) is 0 Å². The molecule has 0 aromatic rings. The molecule has 13 heavy (non-hydrogen) atoms. The monoisotopic (exact) mass is 188 g/mol. The average Bonchev–Trinajstić information content (AvgIpc) is 2.17. The normalized spacial score (nSPS) is 26.8. The third-order valence-electron chi connectivity index (χ3n) is 3.25. The van der Waals surface area contributed by atoms with E-state index in [1.807, 2.05) is 0 Å². The van der Waals surface area contributed by atoms with E-state index in [0.29, 0.717) is 0 Å². The maximum absolute atomic E-state index is 9.79. The van der Waals surface area contributed by atoms with Crippen molar-refractivity contribution in [3.05, 3.63) is 0 Å². The summed E-state index contributed by atoms with van der Waals surface area (Å²) in [6.07, 6.45) is 3.40. The van der Waals surface area contributed by atoms with Gasteiger partial charge >= 0.3 is 0 Å². The molecule has 1 aliphatic rings. The van der Waals surface area contributed by atoms with Crippen molar-refractivity contribution in [2.24, 2.45) is 5.41 Å². The molecule has 1 saturated carbocycles. The lowest BCUT2D eigenvalue weighted by Gasteiger charge is -2.40. The Balaban J connectivity index is 2.66. The molecule has 0 saturated heterocycles. The number of hydrogen-bond acceptors (Lipinski definition) is 3. The molecule has 3 N–H and O–H groups in total. The van der Waals surface area contributed by atoms with Crippen molar-refractivity contribution in [1.29, 1.82) is 0 Å². The fraction of sp³-hybridized carbons (Fsp3) is 1.00. The van der Waals surface area contributed by atoms with Crippen LogP contribution in [-0.2, 0) is 0 Å². The third kappa shape index (κ3) is 2.22. The number of aliphatic hydroxyl groups is 3. The molecule has 0 heterocycles. The first-order valence-electron chi connectivity index (χ1n) is 5.09. The van der Waals surface area contributed by atoms with Gasteiger partial charge in [0.05, 0.1) is 18.8 Å². The third-order valence-corrected chi connectivity index (χ3v) is 3.25. The van der Waals surface area contributed by atoms with Crippen LogP contribution < -0.4 is 0 Å². The summed E-state index contributed by atoms with van der Waals surface area (Å²) < 4.78 is 0. The molecule has 0 aromatic heterocycles. The molecule has 0 aliphatic heterocycles. The van der Waals surface area contributed by atoms with Gasteiger partial charge < -0.3 is 15.3 Å². The minimum atomic E-state index is -0.780. The first kappa shape index (κ1) is 11.0. The highest BCUT2D eigenvalue weighted by molar-refractivity contribution is 4.90. The molecule has 0 amide bonds. The van der Waals surface area contributed by atoms with Crippen molar-refractivity contribution in [1.82, 2.24) is 0 Å². The van der Waals surface area contributed by atoms with Gasteiger partial charge in [0.2, 0.25) is 0 Å². The Morgan fingerprint density at radius 1 is 1.15 bits per heavy atom. The van der Waals surface area contributed by atoms with E-state index in [9.17, 15) is 15.3 Å². The van der Waals surface area contributed by atoms with E-state index in [2.05, 4.69) is 0 Å². The van der Waals surface area contributed by atoms with Gasteiger partial charge in [0.1, 0.15) is 0 Å². The van der Waals surface area contributed by atoms with Gasteiger partial charge in [-0.05, 0) is 19.8 Å². The fourth-order valence-corrected chi connectivity index (χ4v) is 2.31. The van der Waals surface area contributed by atoms with Crippen LogP contribution in [0.15, 0.2) is 0 Å². The maximum atomic E-state index is 9.79. The minimum Gasteiger partial charge on any atom is -0.396 e. The topological polar surface area (TPSA) is 60.7 Å². The fourth-order valence-electron chi connectivity index (χ4n) is 2.31. The van der Waals surface area contributed by atoms with Crippen LogP contribution in [0.2, 0.25) is 0 Å². The van der Waals surface area contributed by atoms with Crippen molar-refractivity contribution >= 4 is 0 Å².